The Bertz CT molecular complexity index is 804. The molecule has 1 aliphatic rings. The van der Waals surface area contributed by atoms with Crippen molar-refractivity contribution in [1.82, 2.24) is 16.0 Å². The Balaban J connectivity index is 0.00000320. The van der Waals surface area contributed by atoms with Gasteiger partial charge in [0.25, 0.3) is 0 Å². The molecule has 1 aromatic heterocycles. The van der Waals surface area contributed by atoms with Crippen molar-refractivity contribution in [2.24, 2.45) is 4.99 Å². The number of carbonyl (C=O) groups excluding carboxylic acids is 1. The van der Waals surface area contributed by atoms with E-state index >= 15 is 0 Å². The number of amides is 1. The summed E-state index contributed by atoms with van der Waals surface area (Å²) in [5.41, 5.74) is 2.47. The second-order valence-electron chi connectivity index (χ2n) is 7.21. The summed E-state index contributed by atoms with van der Waals surface area (Å²) in [6, 6.07) is 12.3. The number of benzene rings is 1. The Hall–Kier alpha value is -2.23. The van der Waals surface area contributed by atoms with Crippen molar-refractivity contribution in [2.45, 2.75) is 39.3 Å². The minimum absolute atomic E-state index is 0. The molecular formula is C22H32IN5O2. The lowest BCUT2D eigenvalue weighted by atomic mass is 10.1. The van der Waals surface area contributed by atoms with Crippen LogP contribution in [0.4, 0.5) is 5.69 Å². The standard InChI is InChI=1S/C22H31N5O2.HI/c1-3-23-22(25-16-21(28)24-15-20-10-7-13-29-20)26-17(2)18-8-6-9-19(14-18)27-11-4-5-12-27;/h6-10,13-14,17H,3-5,11-12,15-16H2,1-2H3,(H,24,28)(H2,23,25,26);1H. The molecule has 1 fully saturated rings. The predicted molar refractivity (Wildman–Crippen MR) is 131 cm³/mol. The van der Waals surface area contributed by atoms with Gasteiger partial charge in [0.2, 0.25) is 5.91 Å². The van der Waals surface area contributed by atoms with Crippen LogP contribution >= 0.6 is 24.0 Å². The van der Waals surface area contributed by atoms with Gasteiger partial charge in [0, 0.05) is 25.3 Å². The monoisotopic (exact) mass is 525 g/mol. The van der Waals surface area contributed by atoms with E-state index in [2.05, 4.69) is 57.0 Å². The molecule has 1 aromatic carbocycles. The van der Waals surface area contributed by atoms with E-state index in [1.54, 1.807) is 12.3 Å². The van der Waals surface area contributed by atoms with Crippen LogP contribution in [0, 0.1) is 0 Å². The SMILES string of the molecule is CCNC(=NCC(=O)NCc1ccco1)NC(C)c1cccc(N2CCCC2)c1.I. The highest BCUT2D eigenvalue weighted by atomic mass is 127. The molecule has 3 N–H and O–H groups in total. The van der Waals surface area contributed by atoms with Gasteiger partial charge in [-0.15, -0.1) is 24.0 Å². The lowest BCUT2D eigenvalue weighted by Gasteiger charge is -2.22. The zero-order valence-corrected chi connectivity index (χ0v) is 20.0. The van der Waals surface area contributed by atoms with Crippen LogP contribution in [-0.2, 0) is 11.3 Å². The first kappa shape index (κ1) is 24.0. The zero-order valence-electron chi connectivity index (χ0n) is 17.7. The van der Waals surface area contributed by atoms with Crippen LogP contribution in [0.3, 0.4) is 0 Å². The molecule has 1 aliphatic heterocycles. The molecule has 1 unspecified atom stereocenters. The Kier molecular flexibility index (Phi) is 9.99. The maximum absolute atomic E-state index is 12.1. The van der Waals surface area contributed by atoms with E-state index in [0.29, 0.717) is 12.5 Å². The molecule has 0 aliphatic carbocycles. The molecule has 0 radical (unpaired) electrons. The molecule has 7 nitrogen and oxygen atoms in total. The van der Waals surface area contributed by atoms with Gasteiger partial charge in [0.05, 0.1) is 18.8 Å². The first-order chi connectivity index (χ1) is 14.2. The summed E-state index contributed by atoms with van der Waals surface area (Å²) in [4.78, 5) is 18.9. The second kappa shape index (κ2) is 12.5. The van der Waals surface area contributed by atoms with E-state index in [1.165, 1.54) is 24.1 Å². The molecule has 2 heterocycles. The first-order valence-corrected chi connectivity index (χ1v) is 10.3. The van der Waals surface area contributed by atoms with Crippen LogP contribution in [0.2, 0.25) is 0 Å². The third-order valence-corrected chi connectivity index (χ3v) is 4.96. The van der Waals surface area contributed by atoms with E-state index in [4.69, 9.17) is 4.42 Å². The molecule has 164 valence electrons. The van der Waals surface area contributed by atoms with Gasteiger partial charge in [-0.25, -0.2) is 4.99 Å². The predicted octanol–water partition coefficient (Wildman–Crippen LogP) is 3.43. The average Bonchev–Trinajstić information content (AvgIpc) is 3.45. The molecule has 1 atom stereocenters. The second-order valence-corrected chi connectivity index (χ2v) is 7.21. The maximum Gasteiger partial charge on any atom is 0.242 e. The van der Waals surface area contributed by atoms with Crippen LogP contribution in [-0.4, -0.2) is 38.0 Å². The van der Waals surface area contributed by atoms with Gasteiger partial charge in [-0.2, -0.15) is 0 Å². The molecule has 0 saturated carbocycles. The number of halogens is 1. The normalized spacial score (nSPS) is 14.7. The maximum atomic E-state index is 12.1. The highest BCUT2D eigenvalue weighted by molar-refractivity contribution is 14.0. The Labute approximate surface area is 195 Å². The lowest BCUT2D eigenvalue weighted by molar-refractivity contribution is -0.119. The quantitative estimate of drug-likeness (QED) is 0.280. The van der Waals surface area contributed by atoms with Gasteiger partial charge in [-0.3, -0.25) is 4.79 Å². The number of hydrogen-bond acceptors (Lipinski definition) is 4. The minimum atomic E-state index is -0.151. The van der Waals surface area contributed by atoms with Crippen molar-refractivity contribution in [3.8, 4) is 0 Å². The third kappa shape index (κ3) is 7.23. The smallest absolute Gasteiger partial charge is 0.242 e. The van der Waals surface area contributed by atoms with E-state index in [0.717, 1.165) is 25.4 Å². The third-order valence-electron chi connectivity index (χ3n) is 4.96. The summed E-state index contributed by atoms with van der Waals surface area (Å²) < 4.78 is 5.22. The molecule has 30 heavy (non-hydrogen) atoms. The fraction of sp³-hybridized carbons (Fsp3) is 0.455. The number of aliphatic imine (C=N–C) groups is 1. The summed E-state index contributed by atoms with van der Waals surface area (Å²) >= 11 is 0. The topological polar surface area (TPSA) is 81.9 Å². The van der Waals surface area contributed by atoms with Crippen molar-refractivity contribution in [1.29, 1.82) is 0 Å². The van der Waals surface area contributed by atoms with Crippen LogP contribution in [0.5, 0.6) is 0 Å². The highest BCUT2D eigenvalue weighted by Crippen LogP contribution is 2.23. The van der Waals surface area contributed by atoms with E-state index in [-0.39, 0.29) is 42.5 Å². The Morgan fingerprint density at radius 3 is 2.70 bits per heavy atom. The number of nitrogens with zero attached hydrogens (tertiary/aromatic N) is 2. The lowest BCUT2D eigenvalue weighted by Crippen LogP contribution is -2.39. The Morgan fingerprint density at radius 1 is 1.20 bits per heavy atom. The van der Waals surface area contributed by atoms with E-state index in [9.17, 15) is 4.79 Å². The minimum Gasteiger partial charge on any atom is -0.467 e. The number of furan rings is 1. The van der Waals surface area contributed by atoms with Gasteiger partial charge >= 0.3 is 0 Å². The Morgan fingerprint density at radius 2 is 2.00 bits per heavy atom. The van der Waals surface area contributed by atoms with Crippen molar-refractivity contribution < 1.29 is 9.21 Å². The molecule has 2 aromatic rings. The number of hydrogen-bond donors (Lipinski definition) is 3. The average molecular weight is 525 g/mol. The summed E-state index contributed by atoms with van der Waals surface area (Å²) in [5, 5.41) is 9.41. The fourth-order valence-electron chi connectivity index (χ4n) is 3.38. The number of carbonyl (C=O) groups is 1. The number of anilines is 1. The highest BCUT2D eigenvalue weighted by Gasteiger charge is 2.14. The van der Waals surface area contributed by atoms with Gasteiger partial charge in [0.1, 0.15) is 12.3 Å². The first-order valence-electron chi connectivity index (χ1n) is 10.3. The molecule has 0 spiro atoms. The number of guanidine groups is 1. The summed E-state index contributed by atoms with van der Waals surface area (Å²) in [5.74, 6) is 1.20. The van der Waals surface area contributed by atoms with Crippen molar-refractivity contribution in [3.05, 3.63) is 54.0 Å². The fourth-order valence-corrected chi connectivity index (χ4v) is 3.38. The molecule has 8 heteroatoms. The molecule has 1 amide bonds. The van der Waals surface area contributed by atoms with Gasteiger partial charge in [-0.1, -0.05) is 12.1 Å². The van der Waals surface area contributed by atoms with Crippen LogP contribution in [0.25, 0.3) is 0 Å². The van der Waals surface area contributed by atoms with Gasteiger partial charge in [-0.05, 0) is 56.5 Å². The van der Waals surface area contributed by atoms with Gasteiger partial charge in [0.15, 0.2) is 5.96 Å². The van der Waals surface area contributed by atoms with Crippen LogP contribution < -0.4 is 20.9 Å². The summed E-state index contributed by atoms with van der Waals surface area (Å²) in [6.07, 6.45) is 4.11. The van der Waals surface area contributed by atoms with Crippen LogP contribution in [0.1, 0.15) is 44.1 Å². The van der Waals surface area contributed by atoms with Gasteiger partial charge < -0.3 is 25.3 Å². The molecule has 1 saturated heterocycles. The van der Waals surface area contributed by atoms with E-state index in [1.807, 2.05) is 13.0 Å². The van der Waals surface area contributed by atoms with E-state index < -0.39 is 0 Å². The van der Waals surface area contributed by atoms with Crippen LogP contribution in [0.15, 0.2) is 52.1 Å². The summed E-state index contributed by atoms with van der Waals surface area (Å²) in [7, 11) is 0. The van der Waals surface area contributed by atoms with Crippen molar-refractivity contribution >= 4 is 41.5 Å². The summed E-state index contributed by atoms with van der Waals surface area (Å²) in [6.45, 7) is 7.51. The number of rotatable bonds is 8. The van der Waals surface area contributed by atoms with Crippen molar-refractivity contribution in [3.63, 3.8) is 0 Å². The zero-order chi connectivity index (χ0) is 20.5. The molecular weight excluding hydrogens is 493 g/mol. The van der Waals surface area contributed by atoms with Crippen molar-refractivity contribution in [2.75, 3.05) is 31.1 Å². The molecule has 3 rings (SSSR count). The molecule has 0 bridgehead atoms. The largest absolute Gasteiger partial charge is 0.467 e. The number of nitrogens with one attached hydrogen (secondary N) is 3.